The Morgan fingerprint density at radius 1 is 0.146 bits per heavy atom. The molecule has 0 aliphatic carbocycles. The molecule has 144 heavy (non-hydrogen) atoms. The normalized spacial score (nSPS) is 11.5. The van der Waals surface area contributed by atoms with Crippen LogP contribution >= 0.6 is 0 Å². The number of fused-ring (bicyclic) bond motifs is 8. The smallest absolute Gasteiger partial charge is 0.872 e. The molecule has 16 nitrogen and oxygen atoms in total. The molecule has 4 radical (unpaired) electrons. The van der Waals surface area contributed by atoms with E-state index in [0.29, 0.717) is 44.5 Å². The summed E-state index contributed by atoms with van der Waals surface area (Å²) in [7, 11) is 0. The molecule has 0 amide bonds. The summed E-state index contributed by atoms with van der Waals surface area (Å²) < 4.78 is 0. The first-order chi connectivity index (χ1) is 67.7. The Kier molecular flexibility index (Phi) is 34.3. The number of benzene rings is 20. The molecule has 0 spiro atoms. The first-order valence-electron chi connectivity index (χ1n) is 46.0. The Balaban J connectivity index is 0.000000159. The zero-order valence-corrected chi connectivity index (χ0v) is 84.5. The van der Waals surface area contributed by atoms with E-state index in [1.54, 1.807) is 98.2 Å². The Hall–Kier alpha value is -15.7. The van der Waals surface area contributed by atoms with Gasteiger partial charge >= 0.3 is 68.3 Å². The Bertz CT molecular complexity index is 7130. The number of hydrogen-bond acceptors (Lipinski definition) is 16. The molecule has 0 atom stereocenters. The maximum Gasteiger partial charge on any atom is 2.00 e. The monoisotopic (exact) mass is 2080 g/mol. The van der Waals surface area contributed by atoms with Gasteiger partial charge in [-0.2, -0.15) is 0 Å². The van der Waals surface area contributed by atoms with Crippen molar-refractivity contribution >= 4 is 181 Å². The van der Waals surface area contributed by atoms with Gasteiger partial charge in [0.05, 0.1) is 45.5 Å². The van der Waals surface area contributed by atoms with Gasteiger partial charge < -0.3 is 40.9 Å². The molecule has 20 aromatic rings. The van der Waals surface area contributed by atoms with Crippen LogP contribution in [0.4, 0.5) is 45.5 Å². The van der Waals surface area contributed by atoms with Crippen molar-refractivity contribution < 1.29 is 109 Å². The van der Waals surface area contributed by atoms with E-state index in [1.807, 2.05) is 350 Å². The maximum atomic E-state index is 12.6. The van der Waals surface area contributed by atoms with E-state index in [2.05, 4.69) is 0 Å². The molecule has 0 heterocycles. The molecule has 20 aromatic carbocycles. The number of aryl methyl sites for hydroxylation is 8. The van der Waals surface area contributed by atoms with Crippen molar-refractivity contribution in [3.63, 3.8) is 0 Å². The van der Waals surface area contributed by atoms with Crippen LogP contribution in [0, 0.1) is 83.1 Å². The third-order valence-electron chi connectivity index (χ3n) is 25.6. The third-order valence-corrected chi connectivity index (χ3v) is 25.6. The second kappa shape index (κ2) is 46.8. The summed E-state index contributed by atoms with van der Waals surface area (Å²) in [5, 5.41) is 116. The van der Waals surface area contributed by atoms with Crippen LogP contribution in [-0.4, -0.2) is 49.7 Å². The maximum absolute atomic E-state index is 12.6. The minimum Gasteiger partial charge on any atom is -0.872 e. The number of aliphatic imine (C=N–C) groups is 8. The molecule has 0 aliphatic heterocycles. The minimum atomic E-state index is -0.0629. The van der Waals surface area contributed by atoms with Gasteiger partial charge in [-0.15, -0.1) is 0 Å². The molecular formula is C124H96Cu4N8O8. The quantitative estimate of drug-likeness (QED) is 0.0660. The van der Waals surface area contributed by atoms with Crippen molar-refractivity contribution in [1.29, 1.82) is 0 Å². The summed E-state index contributed by atoms with van der Waals surface area (Å²) in [5.41, 5.74) is 22.3. The van der Waals surface area contributed by atoms with Crippen LogP contribution in [0.25, 0.3) is 86.2 Å². The molecule has 0 unspecified atom stereocenters. The van der Waals surface area contributed by atoms with Gasteiger partial charge in [-0.3, -0.25) is 39.9 Å². The van der Waals surface area contributed by atoms with Crippen LogP contribution in [0.2, 0.25) is 0 Å². The molecular weight excluding hydrogens is 1980 g/mol. The Morgan fingerprint density at radius 2 is 0.250 bits per heavy atom. The van der Waals surface area contributed by atoms with Gasteiger partial charge in [0.25, 0.3) is 0 Å². The molecule has 0 saturated carbocycles. The van der Waals surface area contributed by atoms with Gasteiger partial charge in [-0.05, 0) is 258 Å². The largest absolute Gasteiger partial charge is 2.00 e. The topological polar surface area (TPSA) is 283 Å². The molecule has 0 saturated heterocycles. The standard InChI is InChI=1S/4C31H26N2O2.4Cu/c4*1-19-16-20(2)31(33-18-27-25-11-7-5-9-23(25)13-15-29(27)35)21(3)30(19)32-17-26-24-10-6-4-8-22(24)12-14-28(26)34;;;;/h4*4-18,34-35H,1-3H3;;;;/q;;;;4*+2/p-8. The molecule has 0 aliphatic rings. The average molecular weight is 2080 g/mol. The Morgan fingerprint density at radius 3 is 0.361 bits per heavy atom. The summed E-state index contributed by atoms with van der Waals surface area (Å²) in [6, 6.07) is 97.9. The first-order valence-corrected chi connectivity index (χ1v) is 46.0. The van der Waals surface area contributed by atoms with E-state index in [-0.39, 0.29) is 114 Å². The molecule has 0 fully saturated rings. The van der Waals surface area contributed by atoms with Gasteiger partial charge in [0.1, 0.15) is 0 Å². The van der Waals surface area contributed by atoms with Crippen molar-refractivity contribution in [2.45, 2.75) is 83.1 Å². The van der Waals surface area contributed by atoms with Crippen LogP contribution in [0.3, 0.4) is 0 Å². The van der Waals surface area contributed by atoms with Crippen molar-refractivity contribution in [3.05, 3.63) is 427 Å². The summed E-state index contributed by atoms with van der Waals surface area (Å²) in [6.45, 7) is 23.9. The zero-order valence-electron chi connectivity index (χ0n) is 80.7. The van der Waals surface area contributed by atoms with Crippen LogP contribution < -0.4 is 40.9 Å². The van der Waals surface area contributed by atoms with Gasteiger partial charge in [0, 0.05) is 72.0 Å². The van der Waals surface area contributed by atoms with E-state index in [4.69, 9.17) is 39.9 Å². The van der Waals surface area contributed by atoms with Crippen molar-refractivity contribution in [3.8, 4) is 46.0 Å². The molecule has 20 rings (SSSR count). The van der Waals surface area contributed by atoms with Crippen molar-refractivity contribution in [1.82, 2.24) is 0 Å². The van der Waals surface area contributed by atoms with Gasteiger partial charge in [0.15, 0.2) is 0 Å². The molecule has 20 heteroatoms. The average Bonchev–Trinajstić information content (AvgIpc) is 0.792. The second-order valence-corrected chi connectivity index (χ2v) is 35.0. The van der Waals surface area contributed by atoms with E-state index in [9.17, 15) is 40.9 Å². The summed E-state index contributed by atoms with van der Waals surface area (Å²) >= 11 is 0. The van der Waals surface area contributed by atoms with E-state index in [1.165, 1.54) is 0 Å². The first kappa shape index (κ1) is 106. The van der Waals surface area contributed by atoms with E-state index >= 15 is 0 Å². The molecule has 0 aromatic heterocycles. The predicted octanol–water partition coefficient (Wildman–Crippen LogP) is 26.3. The van der Waals surface area contributed by atoms with Crippen LogP contribution in [0.1, 0.15) is 111 Å². The van der Waals surface area contributed by atoms with E-state index < -0.39 is 0 Å². The SMILES string of the molecule is Cc1cc(C)c(N=Cc2c([O-])ccc3ccccc23)c(C)c1N=Cc1c([O-])ccc2ccccc12.Cc1cc(C)c(N=Cc2c([O-])ccc3ccccc23)c(C)c1N=Cc1c([O-])ccc2ccccc12.Cc1cc(C)c(N=Cc2c([O-])ccc3ccccc23)c(C)c1N=Cc1c([O-])ccc2ccccc12.Cc1cc(C)c(N=Cc2c([O-])ccc3ccccc23)c(C)c1N=Cc1c([O-])ccc2ccccc12.[Cu+2].[Cu+2].[Cu+2].[Cu+2]. The van der Waals surface area contributed by atoms with Crippen LogP contribution in [0.15, 0.2) is 355 Å². The fourth-order valence-electron chi connectivity index (χ4n) is 18.6. The third kappa shape index (κ3) is 22.6. The number of hydrogen-bond donors (Lipinski definition) is 0. The van der Waals surface area contributed by atoms with Gasteiger partial charge in [-0.1, -0.05) is 361 Å². The van der Waals surface area contributed by atoms with Gasteiger partial charge in [-0.25, -0.2) is 0 Å². The molecule has 724 valence electrons. The fraction of sp³-hybridized carbons (Fsp3) is 0.0968. The Labute approximate surface area is 879 Å². The van der Waals surface area contributed by atoms with Gasteiger partial charge in [0.2, 0.25) is 0 Å². The molecule has 0 bridgehead atoms. The van der Waals surface area contributed by atoms with Crippen LogP contribution in [-0.2, 0) is 68.3 Å². The van der Waals surface area contributed by atoms with Crippen molar-refractivity contribution in [2.24, 2.45) is 39.9 Å². The summed E-state index contributed by atoms with van der Waals surface area (Å²) in [4.78, 5) is 38.0. The minimum absolute atomic E-state index is 0. The number of rotatable bonds is 16. The van der Waals surface area contributed by atoms with E-state index in [0.717, 1.165) is 198 Å². The molecule has 0 N–H and O–H groups in total. The predicted molar refractivity (Wildman–Crippen MR) is 568 cm³/mol. The van der Waals surface area contributed by atoms with Crippen molar-refractivity contribution in [2.75, 3.05) is 0 Å². The number of nitrogens with zero attached hydrogens (tertiary/aromatic N) is 8. The van der Waals surface area contributed by atoms with Crippen LogP contribution in [0.5, 0.6) is 46.0 Å². The zero-order chi connectivity index (χ0) is 98.1. The second-order valence-electron chi connectivity index (χ2n) is 35.0. The summed E-state index contributed by atoms with van der Waals surface area (Å²) in [5.74, 6) is -0.503. The fourth-order valence-corrected chi connectivity index (χ4v) is 18.6. The summed E-state index contributed by atoms with van der Waals surface area (Å²) in [6.07, 6.45) is 13.2.